The van der Waals surface area contributed by atoms with Crippen LogP contribution in [0.1, 0.15) is 57.8 Å². The fourth-order valence-corrected chi connectivity index (χ4v) is 3.99. The molecule has 0 spiro atoms. The lowest BCUT2D eigenvalue weighted by Gasteiger charge is -2.22. The standard InChI is InChI=1S/C21H39N7O2/c22-10-14-29-16-17-30-15-11-23-19-25-20(24-18-8-4-2-1-3-5-9-18)27-21(26-19)28-12-6-7-13-28/h18H,1-17,22H2,(H2,23,24,25,26,27). The average Bonchev–Trinajstić information content (AvgIpc) is 3.27. The highest BCUT2D eigenvalue weighted by Crippen LogP contribution is 2.22. The highest BCUT2D eigenvalue weighted by Gasteiger charge is 2.19. The summed E-state index contributed by atoms with van der Waals surface area (Å²) in [5.41, 5.74) is 5.40. The molecule has 170 valence electrons. The number of aromatic nitrogens is 3. The number of hydrogen-bond donors (Lipinski definition) is 3. The fraction of sp³-hybridized carbons (Fsp3) is 0.857. The molecule has 2 fully saturated rings. The van der Waals surface area contributed by atoms with Crippen molar-refractivity contribution in [2.75, 3.05) is 68.1 Å². The molecule has 4 N–H and O–H groups in total. The summed E-state index contributed by atoms with van der Waals surface area (Å²) in [4.78, 5) is 16.3. The first kappa shape index (κ1) is 23.0. The number of hydrogen-bond acceptors (Lipinski definition) is 9. The van der Waals surface area contributed by atoms with Crippen molar-refractivity contribution in [3.8, 4) is 0 Å². The van der Waals surface area contributed by atoms with Gasteiger partial charge in [-0.05, 0) is 25.7 Å². The van der Waals surface area contributed by atoms with E-state index < -0.39 is 0 Å². The second-order valence-electron chi connectivity index (χ2n) is 8.10. The summed E-state index contributed by atoms with van der Waals surface area (Å²) in [6.45, 7) is 5.48. The van der Waals surface area contributed by atoms with Crippen LogP contribution in [0, 0.1) is 0 Å². The maximum Gasteiger partial charge on any atom is 0.231 e. The lowest BCUT2D eigenvalue weighted by atomic mass is 9.97. The van der Waals surface area contributed by atoms with E-state index in [1.807, 2.05) is 0 Å². The number of rotatable bonds is 12. The molecule has 2 aliphatic rings. The first-order valence-corrected chi connectivity index (χ1v) is 11.7. The Hall–Kier alpha value is -1.71. The summed E-state index contributed by atoms with van der Waals surface area (Å²) in [6, 6.07) is 0.448. The summed E-state index contributed by atoms with van der Waals surface area (Å²) >= 11 is 0. The van der Waals surface area contributed by atoms with E-state index in [2.05, 4.69) is 25.5 Å². The summed E-state index contributed by atoms with van der Waals surface area (Å²) < 4.78 is 10.9. The smallest absolute Gasteiger partial charge is 0.231 e. The van der Waals surface area contributed by atoms with Gasteiger partial charge in [0.15, 0.2) is 0 Å². The van der Waals surface area contributed by atoms with Crippen LogP contribution in [-0.4, -0.2) is 73.6 Å². The minimum atomic E-state index is 0.448. The summed E-state index contributed by atoms with van der Waals surface area (Å²) in [5.74, 6) is 2.08. The second-order valence-corrected chi connectivity index (χ2v) is 8.10. The Bertz CT molecular complexity index is 591. The van der Waals surface area contributed by atoms with E-state index in [4.69, 9.17) is 20.2 Å². The molecular formula is C21H39N7O2. The van der Waals surface area contributed by atoms with E-state index >= 15 is 0 Å². The molecule has 0 amide bonds. The lowest BCUT2D eigenvalue weighted by Crippen LogP contribution is -2.26. The lowest BCUT2D eigenvalue weighted by molar-refractivity contribution is 0.0547. The molecule has 2 heterocycles. The maximum absolute atomic E-state index is 5.58. The highest BCUT2D eigenvalue weighted by atomic mass is 16.5. The van der Waals surface area contributed by atoms with Crippen LogP contribution in [-0.2, 0) is 9.47 Å². The topological polar surface area (TPSA) is 110 Å². The van der Waals surface area contributed by atoms with Gasteiger partial charge in [0, 0.05) is 32.2 Å². The molecule has 9 nitrogen and oxygen atoms in total. The van der Waals surface area contributed by atoms with Gasteiger partial charge in [-0.2, -0.15) is 15.0 Å². The van der Waals surface area contributed by atoms with Crippen LogP contribution in [0.3, 0.4) is 0 Å². The zero-order valence-corrected chi connectivity index (χ0v) is 18.3. The van der Waals surface area contributed by atoms with Gasteiger partial charge in [0.2, 0.25) is 17.8 Å². The number of nitrogens with two attached hydrogens (primary N) is 1. The first-order valence-electron chi connectivity index (χ1n) is 11.7. The Morgan fingerprint density at radius 3 is 2.20 bits per heavy atom. The Kier molecular flexibility index (Phi) is 10.4. The van der Waals surface area contributed by atoms with E-state index in [1.54, 1.807) is 0 Å². The van der Waals surface area contributed by atoms with Gasteiger partial charge in [-0.1, -0.05) is 32.1 Å². The molecule has 1 aromatic heterocycles. The zero-order chi connectivity index (χ0) is 20.9. The average molecular weight is 422 g/mol. The van der Waals surface area contributed by atoms with Crippen molar-refractivity contribution < 1.29 is 9.47 Å². The van der Waals surface area contributed by atoms with Crippen LogP contribution < -0.4 is 21.3 Å². The van der Waals surface area contributed by atoms with Crippen LogP contribution in [0.2, 0.25) is 0 Å². The van der Waals surface area contributed by atoms with Gasteiger partial charge in [0.05, 0.1) is 26.4 Å². The molecule has 1 saturated heterocycles. The summed E-state index contributed by atoms with van der Waals surface area (Å²) in [6.07, 6.45) is 11.4. The molecule has 0 atom stereocenters. The molecule has 0 bridgehead atoms. The number of anilines is 3. The van der Waals surface area contributed by atoms with E-state index in [0.717, 1.165) is 19.0 Å². The van der Waals surface area contributed by atoms with E-state index in [1.165, 1.54) is 57.8 Å². The number of nitrogens with zero attached hydrogens (tertiary/aromatic N) is 4. The van der Waals surface area contributed by atoms with E-state index in [0.29, 0.717) is 57.5 Å². The first-order chi connectivity index (χ1) is 14.8. The van der Waals surface area contributed by atoms with Crippen LogP contribution in [0.5, 0.6) is 0 Å². The normalized spacial score (nSPS) is 18.2. The molecule has 3 rings (SSSR count). The van der Waals surface area contributed by atoms with Gasteiger partial charge in [0.25, 0.3) is 0 Å². The molecule has 1 saturated carbocycles. The Balaban J connectivity index is 1.53. The van der Waals surface area contributed by atoms with Crippen molar-refractivity contribution in [1.29, 1.82) is 0 Å². The third kappa shape index (κ3) is 8.20. The molecular weight excluding hydrogens is 382 g/mol. The summed E-state index contributed by atoms with van der Waals surface area (Å²) in [5, 5.41) is 6.89. The van der Waals surface area contributed by atoms with Crippen molar-refractivity contribution >= 4 is 17.8 Å². The van der Waals surface area contributed by atoms with Crippen molar-refractivity contribution in [3.05, 3.63) is 0 Å². The molecule has 0 radical (unpaired) electrons. The minimum Gasteiger partial charge on any atom is -0.378 e. The Morgan fingerprint density at radius 2 is 1.47 bits per heavy atom. The number of nitrogens with one attached hydrogen (secondary N) is 2. The van der Waals surface area contributed by atoms with Crippen LogP contribution in [0.25, 0.3) is 0 Å². The largest absolute Gasteiger partial charge is 0.378 e. The number of ether oxygens (including phenoxy) is 2. The molecule has 0 unspecified atom stereocenters. The molecule has 1 aliphatic heterocycles. The van der Waals surface area contributed by atoms with Gasteiger partial charge in [0.1, 0.15) is 0 Å². The molecule has 1 aliphatic carbocycles. The SMILES string of the molecule is NCCOCCOCCNc1nc(NC2CCCCCCC2)nc(N2CCCC2)n1. The van der Waals surface area contributed by atoms with Crippen molar-refractivity contribution in [3.63, 3.8) is 0 Å². The van der Waals surface area contributed by atoms with Crippen LogP contribution in [0.15, 0.2) is 0 Å². The Morgan fingerprint density at radius 1 is 0.800 bits per heavy atom. The van der Waals surface area contributed by atoms with Crippen molar-refractivity contribution in [2.45, 2.75) is 63.8 Å². The van der Waals surface area contributed by atoms with Crippen LogP contribution in [0.4, 0.5) is 17.8 Å². The zero-order valence-electron chi connectivity index (χ0n) is 18.3. The van der Waals surface area contributed by atoms with Gasteiger partial charge in [-0.15, -0.1) is 0 Å². The monoisotopic (exact) mass is 421 g/mol. The molecule has 30 heavy (non-hydrogen) atoms. The predicted molar refractivity (Wildman–Crippen MR) is 120 cm³/mol. The fourth-order valence-electron chi connectivity index (χ4n) is 3.99. The molecule has 0 aromatic carbocycles. The second kappa shape index (κ2) is 13.6. The van der Waals surface area contributed by atoms with Gasteiger partial charge < -0.3 is 30.7 Å². The molecule has 9 heteroatoms. The van der Waals surface area contributed by atoms with Gasteiger partial charge >= 0.3 is 0 Å². The molecule has 1 aromatic rings. The predicted octanol–water partition coefficient (Wildman–Crippen LogP) is 2.40. The maximum atomic E-state index is 5.58. The minimum absolute atomic E-state index is 0.448. The van der Waals surface area contributed by atoms with Gasteiger partial charge in [-0.3, -0.25) is 0 Å². The van der Waals surface area contributed by atoms with Crippen molar-refractivity contribution in [2.24, 2.45) is 5.73 Å². The third-order valence-corrected chi connectivity index (χ3v) is 5.61. The quantitative estimate of drug-likeness (QED) is 0.438. The summed E-state index contributed by atoms with van der Waals surface area (Å²) in [7, 11) is 0. The Labute approximate surface area is 180 Å². The van der Waals surface area contributed by atoms with E-state index in [-0.39, 0.29) is 0 Å². The third-order valence-electron chi connectivity index (χ3n) is 5.61. The van der Waals surface area contributed by atoms with E-state index in [9.17, 15) is 0 Å². The van der Waals surface area contributed by atoms with Crippen LogP contribution >= 0.6 is 0 Å². The van der Waals surface area contributed by atoms with Gasteiger partial charge in [-0.25, -0.2) is 0 Å². The van der Waals surface area contributed by atoms with Crippen molar-refractivity contribution in [1.82, 2.24) is 15.0 Å². The highest BCUT2D eigenvalue weighted by molar-refractivity contribution is 5.44.